The first-order valence-corrected chi connectivity index (χ1v) is 8.83. The van der Waals surface area contributed by atoms with Crippen molar-refractivity contribution in [3.63, 3.8) is 0 Å². The maximum atomic E-state index is 13.3. The number of aryl methyl sites for hydroxylation is 2. The van der Waals surface area contributed by atoms with Crippen molar-refractivity contribution < 1.29 is 4.79 Å². The Balaban J connectivity index is 2.03. The average molecular weight is 332 g/mol. The maximum Gasteiger partial charge on any atom is 0.258 e. The fourth-order valence-electron chi connectivity index (χ4n) is 3.25. The van der Waals surface area contributed by atoms with Crippen LogP contribution in [0.25, 0.3) is 10.9 Å². The van der Waals surface area contributed by atoms with E-state index in [1.165, 1.54) is 0 Å². The first kappa shape index (κ1) is 17.2. The molecule has 3 aromatic rings. The first-order chi connectivity index (χ1) is 12.1. The fraction of sp³-hybridized carbons (Fsp3) is 0.273. The van der Waals surface area contributed by atoms with Gasteiger partial charge in [-0.2, -0.15) is 0 Å². The van der Waals surface area contributed by atoms with Gasteiger partial charge in [-0.1, -0.05) is 49.7 Å². The van der Waals surface area contributed by atoms with E-state index in [0.717, 1.165) is 52.5 Å². The Kier molecular flexibility index (Phi) is 5.13. The van der Waals surface area contributed by atoms with Gasteiger partial charge in [0.25, 0.3) is 5.91 Å². The number of carbonyl (C=O) groups is 1. The third-order valence-corrected chi connectivity index (χ3v) is 4.65. The van der Waals surface area contributed by atoms with Gasteiger partial charge in [0, 0.05) is 24.2 Å². The number of benzene rings is 2. The lowest BCUT2D eigenvalue weighted by Crippen LogP contribution is -2.28. The molecule has 3 heteroatoms. The number of amides is 1. The molecule has 3 nitrogen and oxygen atoms in total. The molecule has 1 aromatic heterocycles. The number of hydrogen-bond donors (Lipinski definition) is 0. The van der Waals surface area contributed by atoms with E-state index in [9.17, 15) is 4.79 Å². The van der Waals surface area contributed by atoms with Crippen LogP contribution < -0.4 is 4.90 Å². The molecule has 3 rings (SSSR count). The number of fused-ring (bicyclic) bond motifs is 1. The molecule has 0 aliphatic heterocycles. The van der Waals surface area contributed by atoms with E-state index < -0.39 is 0 Å². The highest BCUT2D eigenvalue weighted by Crippen LogP contribution is 2.27. The summed E-state index contributed by atoms with van der Waals surface area (Å²) in [5.41, 5.74) is 4.68. The SMILES string of the molecule is CCCCc1cccc(C)c1C(=O)N(C)c1cccc2cccnc12. The zero-order chi connectivity index (χ0) is 17.8. The summed E-state index contributed by atoms with van der Waals surface area (Å²) < 4.78 is 0. The Morgan fingerprint density at radius 3 is 2.64 bits per heavy atom. The lowest BCUT2D eigenvalue weighted by Gasteiger charge is -2.21. The number of anilines is 1. The van der Waals surface area contributed by atoms with Crippen LogP contribution in [-0.4, -0.2) is 17.9 Å². The monoisotopic (exact) mass is 332 g/mol. The van der Waals surface area contributed by atoms with Crippen molar-refractivity contribution >= 4 is 22.5 Å². The standard InChI is InChI=1S/C22H24N2O/c1-4-5-10-17-11-6-9-16(2)20(17)22(25)24(3)19-14-7-12-18-13-8-15-23-21(18)19/h6-9,11-15H,4-5,10H2,1-3H3. The third kappa shape index (κ3) is 3.41. The number of unbranched alkanes of at least 4 members (excludes halogenated alkanes) is 1. The topological polar surface area (TPSA) is 33.2 Å². The quantitative estimate of drug-likeness (QED) is 0.646. The molecule has 1 amide bonds. The summed E-state index contributed by atoms with van der Waals surface area (Å²) in [4.78, 5) is 19.5. The lowest BCUT2D eigenvalue weighted by molar-refractivity contribution is 0.0991. The Morgan fingerprint density at radius 2 is 1.84 bits per heavy atom. The maximum absolute atomic E-state index is 13.3. The molecule has 0 aliphatic rings. The molecule has 1 heterocycles. The molecule has 0 fully saturated rings. The van der Waals surface area contributed by atoms with Crippen molar-refractivity contribution in [1.29, 1.82) is 0 Å². The molecule has 0 bridgehead atoms. The second-order valence-electron chi connectivity index (χ2n) is 6.43. The van der Waals surface area contributed by atoms with Crippen LogP contribution in [0.5, 0.6) is 0 Å². The third-order valence-electron chi connectivity index (χ3n) is 4.65. The highest BCUT2D eigenvalue weighted by molar-refractivity contribution is 6.11. The fourth-order valence-corrected chi connectivity index (χ4v) is 3.25. The van der Waals surface area contributed by atoms with E-state index in [1.54, 1.807) is 11.1 Å². The van der Waals surface area contributed by atoms with Gasteiger partial charge in [0.15, 0.2) is 0 Å². The number of aromatic nitrogens is 1. The van der Waals surface area contributed by atoms with E-state index in [-0.39, 0.29) is 5.91 Å². The van der Waals surface area contributed by atoms with E-state index in [2.05, 4.69) is 18.0 Å². The molecule has 0 aliphatic carbocycles. The zero-order valence-electron chi connectivity index (χ0n) is 15.1. The predicted octanol–water partition coefficient (Wildman–Crippen LogP) is 5.16. The van der Waals surface area contributed by atoms with Crippen molar-refractivity contribution in [2.24, 2.45) is 0 Å². The summed E-state index contributed by atoms with van der Waals surface area (Å²) in [7, 11) is 1.84. The largest absolute Gasteiger partial charge is 0.309 e. The second kappa shape index (κ2) is 7.47. The Bertz CT molecular complexity index is 896. The number of hydrogen-bond acceptors (Lipinski definition) is 2. The van der Waals surface area contributed by atoms with Gasteiger partial charge in [-0.3, -0.25) is 9.78 Å². The van der Waals surface area contributed by atoms with Gasteiger partial charge in [-0.25, -0.2) is 0 Å². The molecular weight excluding hydrogens is 308 g/mol. The Hall–Kier alpha value is -2.68. The van der Waals surface area contributed by atoms with Crippen molar-refractivity contribution in [3.8, 4) is 0 Å². The second-order valence-corrected chi connectivity index (χ2v) is 6.43. The molecule has 0 N–H and O–H groups in total. The minimum atomic E-state index is 0.0300. The number of para-hydroxylation sites is 1. The Labute approximate surface area is 149 Å². The van der Waals surface area contributed by atoms with Crippen LogP contribution in [0, 0.1) is 6.92 Å². The van der Waals surface area contributed by atoms with Gasteiger partial charge in [-0.15, -0.1) is 0 Å². The van der Waals surface area contributed by atoms with Crippen LogP contribution in [0.15, 0.2) is 54.7 Å². The van der Waals surface area contributed by atoms with Crippen LogP contribution in [0.1, 0.15) is 41.3 Å². The zero-order valence-corrected chi connectivity index (χ0v) is 15.1. The van der Waals surface area contributed by atoms with Gasteiger partial charge in [0.05, 0.1) is 11.2 Å². The highest BCUT2D eigenvalue weighted by Gasteiger charge is 2.20. The molecule has 0 saturated carbocycles. The summed E-state index contributed by atoms with van der Waals surface area (Å²) in [6.45, 7) is 4.18. The molecule has 25 heavy (non-hydrogen) atoms. The van der Waals surface area contributed by atoms with Gasteiger partial charge >= 0.3 is 0 Å². The van der Waals surface area contributed by atoms with Crippen LogP contribution in [0.4, 0.5) is 5.69 Å². The van der Waals surface area contributed by atoms with Gasteiger partial charge in [-0.05, 0) is 43.0 Å². The minimum absolute atomic E-state index is 0.0300. The number of pyridine rings is 1. The van der Waals surface area contributed by atoms with Crippen molar-refractivity contribution in [2.45, 2.75) is 33.1 Å². The van der Waals surface area contributed by atoms with Crippen LogP contribution in [0.3, 0.4) is 0 Å². The smallest absolute Gasteiger partial charge is 0.258 e. The molecule has 2 aromatic carbocycles. The molecular formula is C22H24N2O. The molecule has 0 atom stereocenters. The van der Waals surface area contributed by atoms with Crippen molar-refractivity contribution in [2.75, 3.05) is 11.9 Å². The molecule has 0 unspecified atom stereocenters. The number of nitrogens with zero attached hydrogens (tertiary/aromatic N) is 2. The summed E-state index contributed by atoms with van der Waals surface area (Å²) in [6, 6.07) is 16.0. The summed E-state index contributed by atoms with van der Waals surface area (Å²) in [5.74, 6) is 0.0300. The molecule has 0 saturated heterocycles. The first-order valence-electron chi connectivity index (χ1n) is 8.83. The van der Waals surface area contributed by atoms with E-state index in [4.69, 9.17) is 0 Å². The normalized spacial score (nSPS) is 10.8. The predicted molar refractivity (Wildman–Crippen MR) is 104 cm³/mol. The van der Waals surface area contributed by atoms with Crippen LogP contribution in [0.2, 0.25) is 0 Å². The van der Waals surface area contributed by atoms with Crippen LogP contribution in [-0.2, 0) is 6.42 Å². The lowest BCUT2D eigenvalue weighted by atomic mass is 9.96. The van der Waals surface area contributed by atoms with E-state index in [0.29, 0.717) is 0 Å². The summed E-state index contributed by atoms with van der Waals surface area (Å²) in [6.07, 6.45) is 4.90. The van der Waals surface area contributed by atoms with Gasteiger partial charge in [0.1, 0.15) is 0 Å². The van der Waals surface area contributed by atoms with E-state index in [1.807, 2.05) is 56.4 Å². The number of rotatable bonds is 5. The minimum Gasteiger partial charge on any atom is -0.309 e. The highest BCUT2D eigenvalue weighted by atomic mass is 16.2. The summed E-state index contributed by atoms with van der Waals surface area (Å²) >= 11 is 0. The van der Waals surface area contributed by atoms with Crippen molar-refractivity contribution in [3.05, 3.63) is 71.4 Å². The van der Waals surface area contributed by atoms with Gasteiger partial charge in [0.2, 0.25) is 0 Å². The van der Waals surface area contributed by atoms with Crippen molar-refractivity contribution in [1.82, 2.24) is 4.98 Å². The van der Waals surface area contributed by atoms with E-state index >= 15 is 0 Å². The Morgan fingerprint density at radius 1 is 1.08 bits per heavy atom. The van der Waals surface area contributed by atoms with Crippen LogP contribution >= 0.6 is 0 Å². The molecule has 128 valence electrons. The van der Waals surface area contributed by atoms with Gasteiger partial charge < -0.3 is 4.90 Å². The molecule has 0 radical (unpaired) electrons. The average Bonchev–Trinajstić information content (AvgIpc) is 2.64. The number of carbonyl (C=O) groups excluding carboxylic acids is 1. The summed E-state index contributed by atoms with van der Waals surface area (Å²) in [5, 5.41) is 1.04. The molecule has 0 spiro atoms.